The summed E-state index contributed by atoms with van der Waals surface area (Å²) in [6, 6.07) is 6.68. The lowest BCUT2D eigenvalue weighted by atomic mass is 9.48. The van der Waals surface area contributed by atoms with Crippen LogP contribution in [0.4, 0.5) is 5.69 Å². The minimum atomic E-state index is 0.449. The Kier molecular flexibility index (Phi) is 2.13. The molecule has 0 amide bonds. The SMILES string of the molecule is Cc1cccc(C23CC4CC(CC(C4)C2)C3)c1N. The molecule has 96 valence electrons. The average Bonchev–Trinajstić information content (AvgIpc) is 2.30. The van der Waals surface area contributed by atoms with E-state index >= 15 is 0 Å². The van der Waals surface area contributed by atoms with Crippen LogP contribution in [0.3, 0.4) is 0 Å². The number of anilines is 1. The summed E-state index contributed by atoms with van der Waals surface area (Å²) < 4.78 is 0. The third-order valence-electron chi connectivity index (χ3n) is 5.93. The van der Waals surface area contributed by atoms with Crippen LogP contribution in [0.15, 0.2) is 18.2 Å². The molecular formula is C17H23N. The smallest absolute Gasteiger partial charge is 0.0381 e. The fourth-order valence-electron chi connectivity index (χ4n) is 5.58. The Labute approximate surface area is 110 Å². The number of benzene rings is 1. The molecule has 1 aromatic carbocycles. The predicted molar refractivity (Wildman–Crippen MR) is 75.4 cm³/mol. The molecule has 0 atom stereocenters. The molecular weight excluding hydrogens is 218 g/mol. The van der Waals surface area contributed by atoms with Crippen molar-refractivity contribution in [2.45, 2.75) is 50.9 Å². The van der Waals surface area contributed by atoms with E-state index in [4.69, 9.17) is 5.73 Å². The number of hydrogen-bond acceptors (Lipinski definition) is 1. The second-order valence-electron chi connectivity index (χ2n) is 7.23. The highest BCUT2D eigenvalue weighted by atomic mass is 14.6. The third kappa shape index (κ3) is 1.39. The van der Waals surface area contributed by atoms with Crippen molar-refractivity contribution in [2.24, 2.45) is 17.8 Å². The van der Waals surface area contributed by atoms with E-state index < -0.39 is 0 Å². The van der Waals surface area contributed by atoms with Crippen LogP contribution < -0.4 is 5.73 Å². The Morgan fingerprint density at radius 2 is 1.56 bits per heavy atom. The molecule has 4 saturated carbocycles. The van der Waals surface area contributed by atoms with Crippen molar-refractivity contribution >= 4 is 5.69 Å². The first-order valence-corrected chi connectivity index (χ1v) is 7.52. The summed E-state index contributed by atoms with van der Waals surface area (Å²) in [5, 5.41) is 0. The van der Waals surface area contributed by atoms with E-state index in [2.05, 4.69) is 25.1 Å². The number of nitrogens with two attached hydrogens (primary N) is 1. The average molecular weight is 241 g/mol. The topological polar surface area (TPSA) is 26.0 Å². The molecule has 4 bridgehead atoms. The van der Waals surface area contributed by atoms with E-state index in [0.717, 1.165) is 23.4 Å². The molecule has 1 aromatic rings. The summed E-state index contributed by atoms with van der Waals surface area (Å²) in [5.41, 5.74) is 10.7. The molecule has 2 N–H and O–H groups in total. The molecule has 0 aliphatic heterocycles. The van der Waals surface area contributed by atoms with Crippen molar-refractivity contribution in [3.05, 3.63) is 29.3 Å². The van der Waals surface area contributed by atoms with Crippen molar-refractivity contribution in [1.82, 2.24) is 0 Å². The summed E-state index contributed by atoms with van der Waals surface area (Å²) >= 11 is 0. The van der Waals surface area contributed by atoms with Crippen molar-refractivity contribution in [1.29, 1.82) is 0 Å². The lowest BCUT2D eigenvalue weighted by Gasteiger charge is -2.57. The molecule has 0 radical (unpaired) electrons. The number of nitrogen functional groups attached to an aromatic ring is 1. The normalized spacial score (nSPS) is 41.3. The second-order valence-corrected chi connectivity index (χ2v) is 7.23. The first-order valence-electron chi connectivity index (χ1n) is 7.52. The van der Waals surface area contributed by atoms with E-state index in [1.807, 2.05) is 0 Å². The lowest BCUT2D eigenvalue weighted by molar-refractivity contribution is -0.00485. The zero-order valence-electron chi connectivity index (χ0n) is 11.3. The Bertz CT molecular complexity index is 453. The first kappa shape index (κ1) is 10.9. The van der Waals surface area contributed by atoms with Gasteiger partial charge in [-0.25, -0.2) is 0 Å². The number of aryl methyl sites for hydroxylation is 1. The molecule has 4 aliphatic carbocycles. The van der Waals surface area contributed by atoms with Crippen LogP contribution in [0, 0.1) is 24.7 Å². The Morgan fingerprint density at radius 1 is 1.00 bits per heavy atom. The van der Waals surface area contributed by atoms with Crippen LogP contribution in [-0.2, 0) is 5.41 Å². The van der Waals surface area contributed by atoms with Gasteiger partial charge in [0.05, 0.1) is 0 Å². The van der Waals surface area contributed by atoms with Gasteiger partial charge in [0, 0.05) is 5.69 Å². The maximum absolute atomic E-state index is 6.40. The summed E-state index contributed by atoms with van der Waals surface area (Å²) in [6.07, 6.45) is 8.74. The van der Waals surface area contributed by atoms with Crippen LogP contribution in [0.25, 0.3) is 0 Å². The quantitative estimate of drug-likeness (QED) is 0.738. The van der Waals surface area contributed by atoms with Crippen molar-refractivity contribution in [3.63, 3.8) is 0 Å². The molecule has 1 heteroatoms. The van der Waals surface area contributed by atoms with Crippen LogP contribution in [0.5, 0.6) is 0 Å². The molecule has 4 fully saturated rings. The highest BCUT2D eigenvalue weighted by molar-refractivity contribution is 5.57. The largest absolute Gasteiger partial charge is 0.398 e. The van der Waals surface area contributed by atoms with Crippen molar-refractivity contribution < 1.29 is 0 Å². The van der Waals surface area contributed by atoms with Crippen LogP contribution in [-0.4, -0.2) is 0 Å². The zero-order valence-corrected chi connectivity index (χ0v) is 11.3. The summed E-state index contributed by atoms with van der Waals surface area (Å²) in [6.45, 7) is 2.15. The molecule has 0 unspecified atom stereocenters. The van der Waals surface area contributed by atoms with Gasteiger partial charge in [-0.2, -0.15) is 0 Å². The van der Waals surface area contributed by atoms with E-state index in [-0.39, 0.29) is 0 Å². The van der Waals surface area contributed by atoms with Gasteiger partial charge in [0.2, 0.25) is 0 Å². The van der Waals surface area contributed by atoms with Crippen LogP contribution >= 0.6 is 0 Å². The fraction of sp³-hybridized carbons (Fsp3) is 0.647. The number of para-hydroxylation sites is 1. The van der Waals surface area contributed by atoms with Gasteiger partial charge in [-0.1, -0.05) is 18.2 Å². The van der Waals surface area contributed by atoms with Gasteiger partial charge in [-0.3, -0.25) is 0 Å². The summed E-state index contributed by atoms with van der Waals surface area (Å²) in [7, 11) is 0. The van der Waals surface area contributed by atoms with Gasteiger partial charge in [-0.05, 0) is 79.7 Å². The Balaban J connectivity index is 1.81. The monoisotopic (exact) mass is 241 g/mol. The maximum Gasteiger partial charge on any atom is 0.0381 e. The Hall–Kier alpha value is -0.980. The van der Waals surface area contributed by atoms with Crippen molar-refractivity contribution in [2.75, 3.05) is 5.73 Å². The molecule has 4 aliphatic rings. The molecule has 0 aromatic heterocycles. The highest BCUT2D eigenvalue weighted by Crippen LogP contribution is 2.61. The molecule has 18 heavy (non-hydrogen) atoms. The molecule has 5 rings (SSSR count). The van der Waals surface area contributed by atoms with Gasteiger partial charge in [-0.15, -0.1) is 0 Å². The lowest BCUT2D eigenvalue weighted by Crippen LogP contribution is -2.48. The van der Waals surface area contributed by atoms with Gasteiger partial charge in [0.1, 0.15) is 0 Å². The highest BCUT2D eigenvalue weighted by Gasteiger charge is 2.52. The van der Waals surface area contributed by atoms with E-state index in [1.165, 1.54) is 49.7 Å². The van der Waals surface area contributed by atoms with Gasteiger partial charge in [0.25, 0.3) is 0 Å². The third-order valence-corrected chi connectivity index (χ3v) is 5.93. The summed E-state index contributed by atoms with van der Waals surface area (Å²) in [4.78, 5) is 0. The molecule has 0 saturated heterocycles. The standard InChI is InChI=1S/C17H23N/c1-11-3-2-4-15(16(11)18)17-8-12-5-13(9-17)7-14(6-12)10-17/h2-4,12-14H,5-10,18H2,1H3. The maximum atomic E-state index is 6.40. The van der Waals surface area contributed by atoms with E-state index in [0.29, 0.717) is 5.41 Å². The van der Waals surface area contributed by atoms with Gasteiger partial charge in [0.15, 0.2) is 0 Å². The van der Waals surface area contributed by atoms with Gasteiger partial charge >= 0.3 is 0 Å². The summed E-state index contributed by atoms with van der Waals surface area (Å²) in [5.74, 6) is 2.99. The zero-order chi connectivity index (χ0) is 12.3. The second kappa shape index (κ2) is 3.53. The minimum Gasteiger partial charge on any atom is -0.398 e. The minimum absolute atomic E-state index is 0.449. The number of rotatable bonds is 1. The van der Waals surface area contributed by atoms with E-state index in [1.54, 1.807) is 0 Å². The molecule has 0 heterocycles. The van der Waals surface area contributed by atoms with Crippen molar-refractivity contribution in [3.8, 4) is 0 Å². The predicted octanol–water partition coefficient (Wildman–Crippen LogP) is 4.05. The van der Waals surface area contributed by atoms with Crippen LogP contribution in [0.2, 0.25) is 0 Å². The number of hydrogen-bond donors (Lipinski definition) is 1. The van der Waals surface area contributed by atoms with Crippen LogP contribution in [0.1, 0.15) is 49.7 Å². The Morgan fingerprint density at radius 3 is 2.11 bits per heavy atom. The first-order chi connectivity index (χ1) is 8.66. The van der Waals surface area contributed by atoms with E-state index in [9.17, 15) is 0 Å². The molecule has 1 nitrogen and oxygen atoms in total. The van der Waals surface area contributed by atoms with Gasteiger partial charge < -0.3 is 5.73 Å². The molecule has 0 spiro atoms. The fourth-order valence-corrected chi connectivity index (χ4v) is 5.58.